The van der Waals surface area contributed by atoms with Crippen molar-refractivity contribution in [2.75, 3.05) is 17.2 Å². The number of thioether (sulfide) groups is 1. The van der Waals surface area contributed by atoms with E-state index in [0.717, 1.165) is 11.1 Å². The van der Waals surface area contributed by atoms with Gasteiger partial charge in [0.05, 0.1) is 12.2 Å². The van der Waals surface area contributed by atoms with Crippen LogP contribution in [-0.4, -0.2) is 29.0 Å². The number of rotatable bonds is 3. The first-order valence-corrected chi connectivity index (χ1v) is 10.5. The van der Waals surface area contributed by atoms with E-state index in [1.807, 2.05) is 45.0 Å². The predicted molar refractivity (Wildman–Crippen MR) is 109 cm³/mol. The quantitative estimate of drug-likeness (QED) is 0.783. The first kappa shape index (κ1) is 19.0. The molecule has 6 heteroatoms. The smallest absolute Gasteiger partial charge is 0.268 e. The maximum atomic E-state index is 14.2. The fourth-order valence-electron chi connectivity index (χ4n) is 3.95. The van der Waals surface area contributed by atoms with Gasteiger partial charge in [-0.05, 0) is 30.7 Å². The lowest BCUT2D eigenvalue weighted by atomic mass is 10.0. The summed E-state index contributed by atoms with van der Waals surface area (Å²) >= 11 is 1.43. The van der Waals surface area contributed by atoms with E-state index in [2.05, 4.69) is 0 Å². The summed E-state index contributed by atoms with van der Waals surface area (Å²) in [5, 5.41) is 0. The Morgan fingerprint density at radius 1 is 1.21 bits per heavy atom. The summed E-state index contributed by atoms with van der Waals surface area (Å²) in [5.74, 6) is -0.214. The van der Waals surface area contributed by atoms with E-state index in [1.54, 1.807) is 15.9 Å². The van der Waals surface area contributed by atoms with Crippen LogP contribution >= 0.6 is 11.8 Å². The van der Waals surface area contributed by atoms with E-state index in [0.29, 0.717) is 30.1 Å². The van der Waals surface area contributed by atoms with Gasteiger partial charge in [0.25, 0.3) is 5.91 Å². The highest BCUT2D eigenvalue weighted by Gasteiger charge is 2.59. The van der Waals surface area contributed by atoms with Gasteiger partial charge in [0, 0.05) is 23.8 Å². The largest absolute Gasteiger partial charge is 0.315 e. The topological polar surface area (TPSA) is 40.6 Å². The number of fused-ring (bicyclic) bond motifs is 2. The second kappa shape index (κ2) is 6.92. The first-order valence-electron chi connectivity index (χ1n) is 9.47. The van der Waals surface area contributed by atoms with Gasteiger partial charge in [-0.1, -0.05) is 43.7 Å². The molecule has 0 saturated carbocycles. The minimum atomic E-state index is -1.16. The van der Waals surface area contributed by atoms with Gasteiger partial charge in [0.1, 0.15) is 5.82 Å². The molecular formula is C22H23FN2O2S. The van der Waals surface area contributed by atoms with E-state index < -0.39 is 10.7 Å². The molecule has 1 atom stereocenters. The number of nitrogens with zero attached hydrogens (tertiary/aromatic N) is 2. The zero-order chi connectivity index (χ0) is 20.1. The van der Waals surface area contributed by atoms with Crippen LogP contribution in [0.1, 0.15) is 30.5 Å². The number of hydrogen-bond donors (Lipinski definition) is 0. The summed E-state index contributed by atoms with van der Waals surface area (Å²) in [6, 6.07) is 12.5. The Morgan fingerprint density at radius 2 is 1.93 bits per heavy atom. The molecule has 2 aromatic rings. The van der Waals surface area contributed by atoms with Crippen molar-refractivity contribution in [2.45, 2.75) is 32.2 Å². The number of carbonyl (C=O) groups excluding carboxylic acids is 2. The second-order valence-electron chi connectivity index (χ2n) is 7.68. The minimum Gasteiger partial charge on any atom is -0.315 e. The molecule has 2 amide bonds. The number of amides is 2. The average Bonchev–Trinajstić information content (AvgIpc) is 3.20. The highest BCUT2D eigenvalue weighted by Crippen LogP contribution is 2.54. The van der Waals surface area contributed by atoms with Crippen LogP contribution in [0.4, 0.5) is 10.1 Å². The Hall–Kier alpha value is -2.34. The van der Waals surface area contributed by atoms with Crippen molar-refractivity contribution in [3.8, 4) is 0 Å². The Labute approximate surface area is 168 Å². The molecule has 1 spiro atoms. The number of anilines is 1. The average molecular weight is 399 g/mol. The van der Waals surface area contributed by atoms with Crippen molar-refractivity contribution < 1.29 is 14.0 Å². The predicted octanol–water partition coefficient (Wildman–Crippen LogP) is 4.07. The minimum absolute atomic E-state index is 0.0780. The molecule has 4 rings (SSSR count). The molecule has 0 unspecified atom stereocenters. The normalized spacial score (nSPS) is 21.1. The van der Waals surface area contributed by atoms with Gasteiger partial charge in [0.2, 0.25) is 5.91 Å². The summed E-state index contributed by atoms with van der Waals surface area (Å²) in [6.45, 7) is 6.55. The van der Waals surface area contributed by atoms with Gasteiger partial charge in [-0.3, -0.25) is 9.59 Å². The third kappa shape index (κ3) is 2.82. The van der Waals surface area contributed by atoms with Crippen LogP contribution in [0.3, 0.4) is 0 Å². The Kier molecular flexibility index (Phi) is 4.70. The lowest BCUT2D eigenvalue weighted by Gasteiger charge is -2.34. The van der Waals surface area contributed by atoms with Gasteiger partial charge in [-0.15, -0.1) is 11.8 Å². The van der Waals surface area contributed by atoms with E-state index >= 15 is 0 Å². The van der Waals surface area contributed by atoms with E-state index in [9.17, 15) is 14.0 Å². The van der Waals surface area contributed by atoms with Gasteiger partial charge in [-0.2, -0.15) is 0 Å². The molecular weight excluding hydrogens is 375 g/mol. The summed E-state index contributed by atoms with van der Waals surface area (Å²) in [5.41, 5.74) is 3.41. The van der Waals surface area contributed by atoms with Crippen LogP contribution < -0.4 is 4.90 Å². The highest BCUT2D eigenvalue weighted by atomic mass is 32.2. The monoisotopic (exact) mass is 398 g/mol. The van der Waals surface area contributed by atoms with E-state index in [1.165, 1.54) is 23.9 Å². The van der Waals surface area contributed by atoms with Crippen LogP contribution in [0.25, 0.3) is 0 Å². The SMILES string of the molecule is Cc1ccc(CN2C(=O)[C@@]3(SCCN3C(=O)C(C)C)c3cc(F)ccc32)cc1. The zero-order valence-electron chi connectivity index (χ0n) is 16.2. The number of halogens is 1. The highest BCUT2D eigenvalue weighted by molar-refractivity contribution is 8.01. The third-order valence-corrected chi connectivity index (χ3v) is 6.80. The summed E-state index contributed by atoms with van der Waals surface area (Å²) < 4.78 is 14.2. The molecule has 2 aliphatic rings. The van der Waals surface area contributed by atoms with Crippen molar-refractivity contribution in [3.63, 3.8) is 0 Å². The van der Waals surface area contributed by atoms with Crippen molar-refractivity contribution in [3.05, 3.63) is 65.0 Å². The molecule has 2 aromatic carbocycles. The molecule has 0 N–H and O–H groups in total. The first-order chi connectivity index (χ1) is 13.3. The van der Waals surface area contributed by atoms with Crippen LogP contribution in [0.5, 0.6) is 0 Å². The molecule has 0 aromatic heterocycles. The number of aryl methyl sites for hydroxylation is 1. The molecule has 1 fully saturated rings. The van der Waals surface area contributed by atoms with E-state index in [-0.39, 0.29) is 17.7 Å². The summed E-state index contributed by atoms with van der Waals surface area (Å²) in [4.78, 5) is 28.8. The second-order valence-corrected chi connectivity index (χ2v) is 8.96. The Bertz CT molecular complexity index is 944. The van der Waals surface area contributed by atoms with Gasteiger partial charge in [-0.25, -0.2) is 4.39 Å². The maximum Gasteiger partial charge on any atom is 0.268 e. The third-order valence-electron chi connectivity index (χ3n) is 5.38. The van der Waals surface area contributed by atoms with Gasteiger partial charge >= 0.3 is 0 Å². The zero-order valence-corrected chi connectivity index (χ0v) is 17.1. The Balaban J connectivity index is 1.81. The lowest BCUT2D eigenvalue weighted by molar-refractivity contribution is -0.142. The number of carbonyl (C=O) groups is 2. The van der Waals surface area contributed by atoms with E-state index in [4.69, 9.17) is 0 Å². The number of benzene rings is 2. The van der Waals surface area contributed by atoms with Crippen molar-refractivity contribution in [2.24, 2.45) is 5.92 Å². The van der Waals surface area contributed by atoms with Crippen molar-refractivity contribution in [1.82, 2.24) is 4.90 Å². The maximum absolute atomic E-state index is 14.2. The fraction of sp³-hybridized carbons (Fsp3) is 0.364. The standard InChI is InChI=1S/C22H23FN2O2S/c1-14(2)20(26)25-10-11-28-22(25)18-12-17(23)8-9-19(18)24(21(22)27)13-16-6-4-15(3)5-7-16/h4-9,12,14H,10-11,13H2,1-3H3/t22-/m0/s1. The van der Waals surface area contributed by atoms with Gasteiger partial charge < -0.3 is 9.80 Å². The fourth-order valence-corrected chi connectivity index (χ4v) is 5.41. The molecule has 1 saturated heterocycles. The summed E-state index contributed by atoms with van der Waals surface area (Å²) in [6.07, 6.45) is 0. The molecule has 0 bridgehead atoms. The molecule has 28 heavy (non-hydrogen) atoms. The van der Waals surface area contributed by atoms with Crippen LogP contribution in [-0.2, 0) is 21.0 Å². The molecule has 4 nitrogen and oxygen atoms in total. The molecule has 2 aliphatic heterocycles. The van der Waals surface area contributed by atoms with Crippen molar-refractivity contribution in [1.29, 1.82) is 0 Å². The Morgan fingerprint density at radius 3 is 2.61 bits per heavy atom. The number of hydrogen-bond acceptors (Lipinski definition) is 3. The molecule has 146 valence electrons. The molecule has 0 aliphatic carbocycles. The lowest BCUT2D eigenvalue weighted by Crippen LogP contribution is -2.51. The van der Waals surface area contributed by atoms with Crippen LogP contribution in [0, 0.1) is 18.7 Å². The van der Waals surface area contributed by atoms with Crippen molar-refractivity contribution >= 4 is 29.3 Å². The van der Waals surface area contributed by atoms with Crippen LogP contribution in [0.2, 0.25) is 0 Å². The summed E-state index contributed by atoms with van der Waals surface area (Å²) in [7, 11) is 0. The van der Waals surface area contributed by atoms with Crippen LogP contribution in [0.15, 0.2) is 42.5 Å². The molecule has 0 radical (unpaired) electrons. The van der Waals surface area contributed by atoms with Gasteiger partial charge in [0.15, 0.2) is 4.87 Å². The molecule has 2 heterocycles.